The number of aryl methyl sites for hydroxylation is 2. The molecule has 0 heterocycles. The van der Waals surface area contributed by atoms with Gasteiger partial charge in [-0.25, -0.2) is 0 Å². The van der Waals surface area contributed by atoms with E-state index in [0.29, 0.717) is 23.5 Å². The van der Waals surface area contributed by atoms with Gasteiger partial charge in [0.1, 0.15) is 5.75 Å². The lowest BCUT2D eigenvalue weighted by Crippen LogP contribution is -2.23. The van der Waals surface area contributed by atoms with Crippen LogP contribution in [0.5, 0.6) is 5.75 Å². The van der Waals surface area contributed by atoms with Crippen molar-refractivity contribution in [2.45, 2.75) is 33.4 Å². The molecule has 0 aliphatic rings. The molecule has 0 saturated carbocycles. The minimum Gasteiger partial charge on any atom is -0.493 e. The van der Waals surface area contributed by atoms with Crippen molar-refractivity contribution in [1.29, 1.82) is 0 Å². The molecule has 5 heteroatoms. The minimum atomic E-state index is -4.84. The van der Waals surface area contributed by atoms with Crippen molar-refractivity contribution in [2.24, 2.45) is 0 Å². The van der Waals surface area contributed by atoms with Crippen LogP contribution in [0.25, 0.3) is 0 Å². The van der Waals surface area contributed by atoms with Crippen LogP contribution >= 0.6 is 0 Å². The first-order valence-corrected chi connectivity index (χ1v) is 5.63. The van der Waals surface area contributed by atoms with E-state index in [9.17, 15) is 18.0 Å². The highest BCUT2D eigenvalue weighted by Gasteiger charge is 2.39. The Morgan fingerprint density at radius 3 is 2.11 bits per heavy atom. The van der Waals surface area contributed by atoms with Crippen molar-refractivity contribution in [3.8, 4) is 5.75 Å². The fourth-order valence-corrected chi connectivity index (χ4v) is 1.68. The summed E-state index contributed by atoms with van der Waals surface area (Å²) < 4.78 is 42.4. The molecule has 0 aromatic heterocycles. The van der Waals surface area contributed by atoms with Crippen molar-refractivity contribution in [2.75, 3.05) is 6.61 Å². The van der Waals surface area contributed by atoms with Crippen molar-refractivity contribution >= 4 is 5.78 Å². The van der Waals surface area contributed by atoms with Crippen molar-refractivity contribution in [1.82, 2.24) is 0 Å². The molecule has 0 saturated heterocycles. The van der Waals surface area contributed by atoms with Crippen LogP contribution in [0.1, 0.15) is 34.8 Å². The average Bonchev–Trinajstić information content (AvgIpc) is 2.25. The normalized spacial score (nSPS) is 11.4. The summed E-state index contributed by atoms with van der Waals surface area (Å²) >= 11 is 0. The maximum Gasteiger partial charge on any atom is 0.454 e. The van der Waals surface area contributed by atoms with Crippen LogP contribution in [0, 0.1) is 13.8 Å². The molecule has 0 N–H and O–H groups in total. The third kappa shape index (κ3) is 3.24. The number of hydrogen-bond donors (Lipinski definition) is 0. The zero-order chi connectivity index (χ0) is 13.9. The summed E-state index contributed by atoms with van der Waals surface area (Å²) in [4.78, 5) is 11.1. The molecule has 18 heavy (non-hydrogen) atoms. The number of halogens is 3. The van der Waals surface area contributed by atoms with Gasteiger partial charge in [0.05, 0.1) is 6.61 Å². The number of carbonyl (C=O) groups excluding carboxylic acids is 1. The van der Waals surface area contributed by atoms with Crippen LogP contribution in [0.2, 0.25) is 0 Å². The highest BCUT2D eigenvalue weighted by Crippen LogP contribution is 2.28. The zero-order valence-corrected chi connectivity index (χ0v) is 10.5. The van der Waals surface area contributed by atoms with Crippen LogP contribution in [-0.2, 0) is 0 Å². The molecule has 0 aliphatic heterocycles. The molecule has 0 amide bonds. The summed E-state index contributed by atoms with van der Waals surface area (Å²) in [6, 6.07) is 2.43. The van der Waals surface area contributed by atoms with Crippen LogP contribution in [0.3, 0.4) is 0 Å². The molecule has 1 aromatic rings. The van der Waals surface area contributed by atoms with E-state index in [1.165, 1.54) is 12.1 Å². The molecule has 0 fully saturated rings. The van der Waals surface area contributed by atoms with Gasteiger partial charge in [0.15, 0.2) is 0 Å². The Bertz CT molecular complexity index is 427. The predicted molar refractivity (Wildman–Crippen MR) is 62.1 cm³/mol. The minimum absolute atomic E-state index is 0.346. The van der Waals surface area contributed by atoms with E-state index in [-0.39, 0.29) is 5.56 Å². The molecule has 0 bridgehead atoms. The van der Waals surface area contributed by atoms with Gasteiger partial charge in [0.2, 0.25) is 0 Å². The molecule has 0 aliphatic carbocycles. The predicted octanol–water partition coefficient (Wildman–Crippen LogP) is 3.84. The highest BCUT2D eigenvalue weighted by molar-refractivity contribution is 6.00. The van der Waals surface area contributed by atoms with Crippen molar-refractivity contribution in [3.05, 3.63) is 28.8 Å². The smallest absolute Gasteiger partial charge is 0.454 e. The van der Waals surface area contributed by atoms with Gasteiger partial charge < -0.3 is 4.74 Å². The largest absolute Gasteiger partial charge is 0.493 e. The number of alkyl halides is 3. The Balaban J connectivity index is 3.10. The van der Waals surface area contributed by atoms with Gasteiger partial charge in [-0.3, -0.25) is 4.79 Å². The van der Waals surface area contributed by atoms with Gasteiger partial charge in [0.25, 0.3) is 5.78 Å². The molecule has 2 nitrogen and oxygen atoms in total. The Hall–Kier alpha value is -1.52. The van der Waals surface area contributed by atoms with E-state index in [1.807, 2.05) is 6.92 Å². The lowest BCUT2D eigenvalue weighted by Gasteiger charge is -2.13. The maximum atomic E-state index is 12.3. The Labute approximate surface area is 104 Å². The quantitative estimate of drug-likeness (QED) is 0.769. The number of benzene rings is 1. The topological polar surface area (TPSA) is 26.3 Å². The van der Waals surface area contributed by atoms with Gasteiger partial charge in [-0.05, 0) is 43.5 Å². The second kappa shape index (κ2) is 5.42. The van der Waals surface area contributed by atoms with Crippen molar-refractivity contribution in [3.63, 3.8) is 0 Å². The van der Waals surface area contributed by atoms with E-state index >= 15 is 0 Å². The van der Waals surface area contributed by atoms with Crippen LogP contribution in [0.15, 0.2) is 12.1 Å². The Kier molecular flexibility index (Phi) is 4.38. The second-order valence-corrected chi connectivity index (χ2v) is 4.11. The number of ether oxygens (including phenoxy) is 1. The summed E-state index contributed by atoms with van der Waals surface area (Å²) in [7, 11) is 0. The van der Waals surface area contributed by atoms with E-state index in [2.05, 4.69) is 0 Å². The summed E-state index contributed by atoms with van der Waals surface area (Å²) in [5.74, 6) is -1.27. The van der Waals surface area contributed by atoms with Crippen molar-refractivity contribution < 1.29 is 22.7 Å². The maximum absolute atomic E-state index is 12.3. The van der Waals surface area contributed by atoms with E-state index in [4.69, 9.17) is 4.74 Å². The van der Waals surface area contributed by atoms with Gasteiger partial charge in [-0.15, -0.1) is 0 Å². The zero-order valence-electron chi connectivity index (χ0n) is 10.5. The van der Waals surface area contributed by atoms with Crippen LogP contribution < -0.4 is 4.74 Å². The molecule has 1 rings (SSSR count). The first-order chi connectivity index (χ1) is 8.27. The number of carbonyl (C=O) groups is 1. The number of ketones is 1. The SMILES string of the molecule is CCCOc1c(C)cc(C(=O)C(F)(F)F)cc1C. The number of rotatable bonds is 4. The summed E-state index contributed by atoms with van der Waals surface area (Å²) in [5, 5.41) is 0. The number of Topliss-reactive ketones (excluding diaryl/α,β-unsaturated/α-hetero) is 1. The van der Waals surface area contributed by atoms with E-state index < -0.39 is 12.0 Å². The first-order valence-electron chi connectivity index (χ1n) is 5.63. The van der Waals surface area contributed by atoms with Crippen LogP contribution in [-0.4, -0.2) is 18.6 Å². The monoisotopic (exact) mass is 260 g/mol. The molecule has 1 aromatic carbocycles. The highest BCUT2D eigenvalue weighted by atomic mass is 19.4. The first kappa shape index (κ1) is 14.5. The van der Waals surface area contributed by atoms with Crippen LogP contribution in [0.4, 0.5) is 13.2 Å². The average molecular weight is 260 g/mol. The van der Waals surface area contributed by atoms with Gasteiger partial charge in [-0.2, -0.15) is 13.2 Å². The fraction of sp³-hybridized carbons (Fsp3) is 0.462. The Morgan fingerprint density at radius 1 is 1.22 bits per heavy atom. The second-order valence-electron chi connectivity index (χ2n) is 4.11. The standard InChI is InChI=1S/C13H15F3O2/c1-4-5-18-11-8(2)6-10(7-9(11)3)12(17)13(14,15)16/h6-7H,4-5H2,1-3H3. The van der Waals surface area contributed by atoms with Gasteiger partial charge >= 0.3 is 6.18 Å². The summed E-state index contributed by atoms with van der Waals surface area (Å²) in [5.41, 5.74) is 0.730. The van der Waals surface area contributed by atoms with E-state index in [1.54, 1.807) is 13.8 Å². The third-order valence-corrected chi connectivity index (χ3v) is 2.43. The Morgan fingerprint density at radius 2 is 1.72 bits per heavy atom. The fourth-order valence-electron chi connectivity index (χ4n) is 1.68. The van der Waals surface area contributed by atoms with E-state index in [0.717, 1.165) is 6.42 Å². The molecule has 100 valence electrons. The molecular weight excluding hydrogens is 245 g/mol. The molecule has 0 unspecified atom stereocenters. The number of hydrogen-bond acceptors (Lipinski definition) is 2. The molecular formula is C13H15F3O2. The lowest BCUT2D eigenvalue weighted by atomic mass is 10.0. The molecule has 0 atom stereocenters. The molecule has 0 spiro atoms. The molecule has 0 radical (unpaired) electrons. The van der Waals surface area contributed by atoms with Gasteiger partial charge in [0, 0.05) is 5.56 Å². The third-order valence-electron chi connectivity index (χ3n) is 2.43. The summed E-state index contributed by atoms with van der Waals surface area (Å²) in [6.07, 6.45) is -4.03. The lowest BCUT2D eigenvalue weighted by molar-refractivity contribution is -0.0885. The van der Waals surface area contributed by atoms with Gasteiger partial charge in [-0.1, -0.05) is 6.92 Å². The summed E-state index contributed by atoms with van der Waals surface area (Å²) in [6.45, 7) is 5.69.